The first kappa shape index (κ1) is 8.58. The zero-order valence-corrected chi connectivity index (χ0v) is 5.53. The van der Waals surface area contributed by atoms with Gasteiger partial charge in [-0.2, -0.15) is 8.42 Å². The van der Waals surface area contributed by atoms with Gasteiger partial charge in [-0.1, -0.05) is 6.08 Å². The van der Waals surface area contributed by atoms with E-state index in [0.29, 0.717) is 0 Å². The number of ether oxygens (including phenoxy) is 1. The standard InChI is InChI=1S/C4H7FO3S/c1-2-3-8-4-9(5,6)7/h2H,1,3-4H2. The summed E-state index contributed by atoms with van der Waals surface area (Å²) in [6, 6.07) is 0. The van der Waals surface area contributed by atoms with Gasteiger partial charge in [-0.05, 0) is 0 Å². The largest absolute Gasteiger partial charge is 0.359 e. The molecular weight excluding hydrogens is 147 g/mol. The number of hydrogen-bond acceptors (Lipinski definition) is 3. The fourth-order valence-corrected chi connectivity index (χ4v) is 0.526. The lowest BCUT2D eigenvalue weighted by atomic mass is 10.7. The van der Waals surface area contributed by atoms with Crippen LogP contribution in [0.4, 0.5) is 3.89 Å². The Balaban J connectivity index is 3.40. The molecule has 54 valence electrons. The van der Waals surface area contributed by atoms with E-state index in [4.69, 9.17) is 0 Å². The summed E-state index contributed by atoms with van der Waals surface area (Å²) in [7, 11) is -4.47. The summed E-state index contributed by atoms with van der Waals surface area (Å²) in [5.41, 5.74) is 0. The van der Waals surface area contributed by atoms with E-state index in [1.165, 1.54) is 6.08 Å². The van der Waals surface area contributed by atoms with Crippen LogP contribution in [0.5, 0.6) is 0 Å². The average molecular weight is 154 g/mol. The maximum absolute atomic E-state index is 11.5. The molecule has 0 aromatic carbocycles. The van der Waals surface area contributed by atoms with Gasteiger partial charge < -0.3 is 4.74 Å². The van der Waals surface area contributed by atoms with Crippen molar-refractivity contribution in [1.29, 1.82) is 0 Å². The third kappa shape index (κ3) is 7.58. The highest BCUT2D eigenvalue weighted by atomic mass is 32.3. The summed E-state index contributed by atoms with van der Waals surface area (Å²) in [4.78, 5) is 0. The highest BCUT2D eigenvalue weighted by Gasteiger charge is 2.04. The third-order valence-electron chi connectivity index (χ3n) is 0.460. The summed E-state index contributed by atoms with van der Waals surface area (Å²) in [6.45, 7) is 3.28. The Hall–Kier alpha value is -0.420. The normalized spacial score (nSPS) is 11.2. The smallest absolute Gasteiger partial charge is 0.326 e. The molecule has 0 unspecified atom stereocenters. The quantitative estimate of drug-likeness (QED) is 0.335. The van der Waals surface area contributed by atoms with Gasteiger partial charge in [0.15, 0.2) is 5.94 Å². The molecule has 5 heteroatoms. The van der Waals surface area contributed by atoms with Gasteiger partial charge in [0.05, 0.1) is 6.61 Å². The highest BCUT2D eigenvalue weighted by molar-refractivity contribution is 7.86. The van der Waals surface area contributed by atoms with Crippen LogP contribution in [0.15, 0.2) is 12.7 Å². The minimum atomic E-state index is -4.47. The van der Waals surface area contributed by atoms with Crippen LogP contribution >= 0.6 is 0 Å². The Labute approximate surface area is 53.3 Å². The molecule has 0 rings (SSSR count). The second kappa shape index (κ2) is 3.58. The van der Waals surface area contributed by atoms with Crippen molar-refractivity contribution in [3.63, 3.8) is 0 Å². The van der Waals surface area contributed by atoms with Crippen LogP contribution in [0.3, 0.4) is 0 Å². The minimum Gasteiger partial charge on any atom is -0.359 e. The Kier molecular flexibility index (Phi) is 3.41. The van der Waals surface area contributed by atoms with Gasteiger partial charge in [0.25, 0.3) is 0 Å². The van der Waals surface area contributed by atoms with Crippen LogP contribution in [0.2, 0.25) is 0 Å². The molecule has 0 spiro atoms. The summed E-state index contributed by atoms with van der Waals surface area (Å²) < 4.78 is 35.2. The first-order valence-electron chi connectivity index (χ1n) is 2.17. The van der Waals surface area contributed by atoms with E-state index in [1.54, 1.807) is 0 Å². The molecule has 0 aliphatic rings. The van der Waals surface area contributed by atoms with Crippen LogP contribution in [-0.2, 0) is 15.0 Å². The van der Waals surface area contributed by atoms with Crippen molar-refractivity contribution in [2.45, 2.75) is 0 Å². The van der Waals surface area contributed by atoms with Crippen LogP contribution in [0.25, 0.3) is 0 Å². The Morgan fingerprint density at radius 3 is 2.56 bits per heavy atom. The Morgan fingerprint density at radius 1 is 1.67 bits per heavy atom. The second-order valence-corrected chi connectivity index (χ2v) is 2.63. The molecule has 0 heterocycles. The summed E-state index contributed by atoms with van der Waals surface area (Å²) >= 11 is 0. The van der Waals surface area contributed by atoms with E-state index in [0.717, 1.165) is 0 Å². The SMILES string of the molecule is C=CCOCS(=O)(=O)F. The van der Waals surface area contributed by atoms with Crippen LogP contribution < -0.4 is 0 Å². The predicted octanol–water partition coefficient (Wildman–Crippen LogP) is 0.446. The molecule has 0 bridgehead atoms. The molecule has 0 aromatic rings. The van der Waals surface area contributed by atoms with E-state index < -0.39 is 16.2 Å². The van der Waals surface area contributed by atoms with Gasteiger partial charge in [0, 0.05) is 0 Å². The van der Waals surface area contributed by atoms with E-state index in [-0.39, 0.29) is 6.61 Å². The van der Waals surface area contributed by atoms with Crippen molar-refractivity contribution in [1.82, 2.24) is 0 Å². The fourth-order valence-electron chi connectivity index (χ4n) is 0.231. The molecule has 0 aliphatic carbocycles. The van der Waals surface area contributed by atoms with Crippen LogP contribution in [-0.4, -0.2) is 21.0 Å². The second-order valence-electron chi connectivity index (χ2n) is 1.32. The molecule has 0 atom stereocenters. The molecular formula is C4H7FO3S. The van der Waals surface area contributed by atoms with E-state index in [1.807, 2.05) is 0 Å². The van der Waals surface area contributed by atoms with Crippen molar-refractivity contribution in [2.75, 3.05) is 12.5 Å². The zero-order valence-electron chi connectivity index (χ0n) is 4.71. The van der Waals surface area contributed by atoms with E-state index in [2.05, 4.69) is 11.3 Å². The van der Waals surface area contributed by atoms with Crippen LogP contribution in [0, 0.1) is 0 Å². The lowest BCUT2D eigenvalue weighted by Gasteiger charge is -1.92. The lowest BCUT2D eigenvalue weighted by molar-refractivity contribution is 0.205. The topological polar surface area (TPSA) is 43.4 Å². The van der Waals surface area contributed by atoms with Gasteiger partial charge >= 0.3 is 10.2 Å². The van der Waals surface area contributed by atoms with Gasteiger partial charge in [-0.25, -0.2) is 0 Å². The number of rotatable bonds is 4. The third-order valence-corrected chi connectivity index (χ3v) is 0.908. The van der Waals surface area contributed by atoms with E-state index >= 15 is 0 Å². The van der Waals surface area contributed by atoms with Gasteiger partial charge in [-0.15, -0.1) is 10.5 Å². The monoisotopic (exact) mass is 154 g/mol. The lowest BCUT2D eigenvalue weighted by Crippen LogP contribution is -2.02. The molecule has 0 saturated carbocycles. The summed E-state index contributed by atoms with van der Waals surface area (Å²) in [6.07, 6.45) is 1.34. The van der Waals surface area contributed by atoms with Crippen LogP contribution in [0.1, 0.15) is 0 Å². The molecule has 9 heavy (non-hydrogen) atoms. The van der Waals surface area contributed by atoms with Gasteiger partial charge in [-0.3, -0.25) is 0 Å². The molecule has 0 fully saturated rings. The number of hydrogen-bond donors (Lipinski definition) is 0. The first-order valence-corrected chi connectivity index (χ1v) is 3.72. The maximum Gasteiger partial charge on any atom is 0.326 e. The Morgan fingerprint density at radius 2 is 2.22 bits per heavy atom. The molecule has 3 nitrogen and oxygen atoms in total. The predicted molar refractivity (Wildman–Crippen MR) is 31.0 cm³/mol. The summed E-state index contributed by atoms with van der Waals surface area (Å²) in [5.74, 6) is -0.890. The molecule has 0 aliphatic heterocycles. The first-order chi connectivity index (χ1) is 4.06. The summed E-state index contributed by atoms with van der Waals surface area (Å²) in [5, 5.41) is 0. The number of halogens is 1. The van der Waals surface area contributed by atoms with Crippen molar-refractivity contribution in [2.24, 2.45) is 0 Å². The highest BCUT2D eigenvalue weighted by Crippen LogP contribution is 1.90. The van der Waals surface area contributed by atoms with Crippen molar-refractivity contribution in [3.8, 4) is 0 Å². The fraction of sp³-hybridized carbons (Fsp3) is 0.500. The zero-order chi connectivity index (χ0) is 7.33. The average Bonchev–Trinajstić information content (AvgIpc) is 1.63. The molecule has 0 amide bonds. The molecule has 0 N–H and O–H groups in total. The Bertz CT molecular complexity index is 172. The van der Waals surface area contributed by atoms with E-state index in [9.17, 15) is 12.3 Å². The van der Waals surface area contributed by atoms with Gasteiger partial charge in [0.2, 0.25) is 0 Å². The van der Waals surface area contributed by atoms with Gasteiger partial charge in [0.1, 0.15) is 0 Å². The maximum atomic E-state index is 11.5. The molecule has 0 aromatic heterocycles. The van der Waals surface area contributed by atoms with Crippen molar-refractivity contribution >= 4 is 10.2 Å². The minimum absolute atomic E-state index is 0.0448. The molecule has 0 radical (unpaired) electrons. The molecule has 0 saturated heterocycles. The van der Waals surface area contributed by atoms with Crippen molar-refractivity contribution < 1.29 is 17.0 Å². The van der Waals surface area contributed by atoms with Crippen molar-refractivity contribution in [3.05, 3.63) is 12.7 Å².